The second kappa shape index (κ2) is 4.44. The van der Waals surface area contributed by atoms with Gasteiger partial charge < -0.3 is 10.2 Å². The molecule has 0 bridgehead atoms. The quantitative estimate of drug-likeness (QED) is 0.741. The fourth-order valence-corrected chi connectivity index (χ4v) is 3.96. The van der Waals surface area contributed by atoms with E-state index in [9.17, 15) is 10.2 Å². The molecule has 0 aliphatic heterocycles. The minimum atomic E-state index is -0.121. The fourth-order valence-electron chi connectivity index (χ4n) is 3.96. The lowest BCUT2D eigenvalue weighted by Gasteiger charge is -2.28. The van der Waals surface area contributed by atoms with Crippen molar-refractivity contribution in [2.45, 2.75) is 44.4 Å². The number of hydrogen-bond donors (Lipinski definition) is 2. The Bertz CT molecular complexity index is 569. The molecular weight excluding hydrogens is 236 g/mol. The molecule has 2 aliphatic rings. The Kier molecular flexibility index (Phi) is 2.89. The molecule has 1 spiro atoms. The highest BCUT2D eigenvalue weighted by molar-refractivity contribution is 5.55. The number of hydrogen-bond acceptors (Lipinski definition) is 2. The molecule has 1 saturated carbocycles. The molecule has 0 amide bonds. The Hall–Kier alpha value is -1.70. The summed E-state index contributed by atoms with van der Waals surface area (Å²) in [5, 5.41) is 20.6. The Morgan fingerprint density at radius 2 is 2.11 bits per heavy atom. The van der Waals surface area contributed by atoms with Crippen LogP contribution < -0.4 is 0 Å². The number of phenols is 1. The van der Waals surface area contributed by atoms with E-state index in [1.54, 1.807) is 12.1 Å². The predicted molar refractivity (Wildman–Crippen MR) is 76.4 cm³/mol. The van der Waals surface area contributed by atoms with Crippen LogP contribution >= 0.6 is 0 Å². The predicted octanol–water partition coefficient (Wildman–Crippen LogP) is 4.15. The van der Waals surface area contributed by atoms with Crippen LogP contribution in [0.1, 0.15) is 43.7 Å². The Morgan fingerprint density at radius 1 is 1.26 bits per heavy atom. The first-order valence-electron chi connectivity index (χ1n) is 7.05. The molecule has 0 aromatic heterocycles. The first-order valence-corrected chi connectivity index (χ1v) is 7.05. The van der Waals surface area contributed by atoms with Crippen LogP contribution in [0.2, 0.25) is 0 Å². The van der Waals surface area contributed by atoms with Crippen LogP contribution in [-0.4, -0.2) is 10.2 Å². The molecule has 1 unspecified atom stereocenters. The number of rotatable bonds is 1. The van der Waals surface area contributed by atoms with Crippen LogP contribution in [0.5, 0.6) is 5.75 Å². The van der Waals surface area contributed by atoms with Crippen LogP contribution in [0, 0.1) is 0 Å². The molecule has 2 N–H and O–H groups in total. The van der Waals surface area contributed by atoms with Gasteiger partial charge in [-0.05, 0) is 62.3 Å². The van der Waals surface area contributed by atoms with Crippen molar-refractivity contribution in [3.8, 4) is 5.75 Å². The van der Waals surface area contributed by atoms with Crippen molar-refractivity contribution in [1.82, 2.24) is 0 Å². The highest BCUT2D eigenvalue weighted by Gasteiger charge is 2.47. The number of benzene rings is 1. The second-order valence-electron chi connectivity index (χ2n) is 5.61. The van der Waals surface area contributed by atoms with Gasteiger partial charge in [-0.3, -0.25) is 0 Å². The first-order chi connectivity index (χ1) is 9.19. The van der Waals surface area contributed by atoms with Crippen LogP contribution in [0.3, 0.4) is 0 Å². The van der Waals surface area contributed by atoms with Crippen LogP contribution in [-0.2, 0) is 11.8 Å². The average molecular weight is 256 g/mol. The molecule has 1 aromatic rings. The molecule has 1 fully saturated rings. The van der Waals surface area contributed by atoms with E-state index in [1.807, 2.05) is 19.1 Å². The smallest absolute Gasteiger partial charge is 0.119 e. The summed E-state index contributed by atoms with van der Waals surface area (Å²) in [6, 6.07) is 5.79. The van der Waals surface area contributed by atoms with Gasteiger partial charge in [0.25, 0.3) is 0 Å². The zero-order chi connectivity index (χ0) is 13.5. The third-order valence-electron chi connectivity index (χ3n) is 4.67. The number of aliphatic hydroxyl groups excluding tert-OH is 1. The van der Waals surface area contributed by atoms with Crippen LogP contribution in [0.4, 0.5) is 0 Å². The van der Waals surface area contributed by atoms with E-state index in [0.29, 0.717) is 11.5 Å². The summed E-state index contributed by atoms with van der Waals surface area (Å²) in [5.41, 5.74) is 3.31. The fraction of sp³-hybridized carbons (Fsp3) is 0.412. The highest BCUT2D eigenvalue weighted by atomic mass is 16.3. The van der Waals surface area contributed by atoms with Crippen molar-refractivity contribution in [3.63, 3.8) is 0 Å². The van der Waals surface area contributed by atoms with Crippen molar-refractivity contribution >= 4 is 0 Å². The van der Waals surface area contributed by atoms with Gasteiger partial charge in [-0.25, -0.2) is 0 Å². The molecule has 0 radical (unpaired) electrons. The van der Waals surface area contributed by atoms with Crippen molar-refractivity contribution in [3.05, 3.63) is 52.8 Å². The van der Waals surface area contributed by atoms with E-state index < -0.39 is 0 Å². The molecule has 2 heteroatoms. The van der Waals surface area contributed by atoms with Gasteiger partial charge in [-0.1, -0.05) is 18.2 Å². The lowest BCUT2D eigenvalue weighted by Crippen LogP contribution is -2.22. The summed E-state index contributed by atoms with van der Waals surface area (Å²) >= 11 is 0. The van der Waals surface area contributed by atoms with Gasteiger partial charge in [0.05, 0.1) is 0 Å². The molecule has 100 valence electrons. The average Bonchev–Trinajstić information content (AvgIpc) is 2.97. The van der Waals surface area contributed by atoms with Crippen molar-refractivity contribution < 1.29 is 10.2 Å². The van der Waals surface area contributed by atoms with E-state index in [-0.39, 0.29) is 5.41 Å². The maximum Gasteiger partial charge on any atom is 0.119 e. The van der Waals surface area contributed by atoms with Gasteiger partial charge in [0.15, 0.2) is 0 Å². The number of allylic oxidation sites excluding steroid dienone is 3. The number of aryl methyl sites for hydroxylation is 1. The maximum atomic E-state index is 10.3. The molecule has 0 saturated heterocycles. The number of phenolic OH excluding ortho intramolecular Hbond substituents is 1. The Balaban J connectivity index is 2.19. The summed E-state index contributed by atoms with van der Waals surface area (Å²) in [4.78, 5) is 0. The monoisotopic (exact) mass is 256 g/mol. The largest absolute Gasteiger partial charge is 0.508 e. The van der Waals surface area contributed by atoms with E-state index in [1.165, 1.54) is 5.56 Å². The molecule has 3 rings (SSSR count). The summed E-state index contributed by atoms with van der Waals surface area (Å²) in [5.74, 6) is 0.791. The molecule has 19 heavy (non-hydrogen) atoms. The van der Waals surface area contributed by atoms with Gasteiger partial charge in [-0.2, -0.15) is 0 Å². The zero-order valence-electron chi connectivity index (χ0n) is 11.3. The van der Waals surface area contributed by atoms with E-state index in [2.05, 4.69) is 6.07 Å². The second-order valence-corrected chi connectivity index (χ2v) is 5.61. The number of aliphatic hydroxyl groups is 1. The summed E-state index contributed by atoms with van der Waals surface area (Å²) in [6.07, 6.45) is 8.71. The van der Waals surface area contributed by atoms with E-state index in [4.69, 9.17) is 0 Å². The molecule has 1 atom stereocenters. The van der Waals surface area contributed by atoms with E-state index >= 15 is 0 Å². The molecule has 0 heterocycles. The van der Waals surface area contributed by atoms with Crippen molar-refractivity contribution in [1.29, 1.82) is 0 Å². The summed E-state index contributed by atoms with van der Waals surface area (Å²) in [7, 11) is 0. The van der Waals surface area contributed by atoms with Crippen molar-refractivity contribution in [2.24, 2.45) is 0 Å². The minimum Gasteiger partial charge on any atom is -0.508 e. The molecule has 2 nitrogen and oxygen atoms in total. The normalized spacial score (nSPS) is 28.3. The summed E-state index contributed by atoms with van der Waals surface area (Å²) < 4.78 is 0. The highest BCUT2D eigenvalue weighted by Crippen LogP contribution is 2.56. The van der Waals surface area contributed by atoms with Gasteiger partial charge in [0.2, 0.25) is 0 Å². The molecule has 1 aromatic carbocycles. The van der Waals surface area contributed by atoms with E-state index in [0.717, 1.165) is 43.2 Å². The zero-order valence-corrected chi connectivity index (χ0v) is 11.3. The minimum absolute atomic E-state index is 0.121. The topological polar surface area (TPSA) is 40.5 Å². The summed E-state index contributed by atoms with van der Waals surface area (Å²) in [6.45, 7) is 1.92. The standard InChI is InChI=1S/C17H20O2/c1-2-5-14(18)13-7-4-10-17(13)11-9-12-6-3-8-15(19)16(12)17/h2-3,5-6,8,18-19H,4,7,9-11H2,1H3/b5-2-,14-13+. The van der Waals surface area contributed by atoms with Gasteiger partial charge in [-0.15, -0.1) is 0 Å². The number of fused-ring (bicyclic) bond motifs is 2. The molecular formula is C17H20O2. The maximum absolute atomic E-state index is 10.3. The number of aromatic hydroxyl groups is 1. The SMILES string of the molecule is C/C=C\C(O)=C1\CCCC12CCc1cccc(O)c12. The van der Waals surface area contributed by atoms with Gasteiger partial charge in [0, 0.05) is 11.0 Å². The Labute approximate surface area is 114 Å². The third kappa shape index (κ3) is 1.70. The van der Waals surface area contributed by atoms with Crippen LogP contribution in [0.25, 0.3) is 0 Å². The lowest BCUT2D eigenvalue weighted by molar-refractivity contribution is 0.394. The van der Waals surface area contributed by atoms with Gasteiger partial charge >= 0.3 is 0 Å². The van der Waals surface area contributed by atoms with Crippen LogP contribution in [0.15, 0.2) is 41.7 Å². The Morgan fingerprint density at radius 3 is 2.89 bits per heavy atom. The molecule has 2 aliphatic carbocycles. The third-order valence-corrected chi connectivity index (χ3v) is 4.67. The van der Waals surface area contributed by atoms with Gasteiger partial charge in [0.1, 0.15) is 11.5 Å². The first kappa shape index (κ1) is 12.3. The lowest BCUT2D eigenvalue weighted by atomic mass is 9.76. The van der Waals surface area contributed by atoms with Crippen molar-refractivity contribution in [2.75, 3.05) is 0 Å².